The van der Waals surface area contributed by atoms with Crippen molar-refractivity contribution in [2.24, 2.45) is 10.9 Å². The highest BCUT2D eigenvalue weighted by atomic mass is 79.9. The van der Waals surface area contributed by atoms with Crippen molar-refractivity contribution in [2.75, 3.05) is 6.54 Å². The Morgan fingerprint density at radius 3 is 2.89 bits per heavy atom. The summed E-state index contributed by atoms with van der Waals surface area (Å²) in [6.07, 6.45) is 0. The molecule has 0 saturated carbocycles. The van der Waals surface area contributed by atoms with Crippen molar-refractivity contribution in [3.63, 3.8) is 0 Å². The first-order valence-electron chi connectivity index (χ1n) is 6.04. The molecular weight excluding hydrogens is 330 g/mol. The van der Waals surface area contributed by atoms with Gasteiger partial charge in [-0.25, -0.2) is 0 Å². The number of guanidine groups is 1. The van der Waals surface area contributed by atoms with Crippen molar-refractivity contribution in [3.05, 3.63) is 33.3 Å². The monoisotopic (exact) mass is 343 g/mol. The molecule has 1 heterocycles. The van der Waals surface area contributed by atoms with Crippen LogP contribution in [0.15, 0.2) is 27.7 Å². The predicted molar refractivity (Wildman–Crippen MR) is 80.3 cm³/mol. The van der Waals surface area contributed by atoms with Gasteiger partial charge in [0.2, 0.25) is 0 Å². The first kappa shape index (κ1) is 14.3. The molecule has 0 aliphatic carbocycles. The molecule has 2 N–H and O–H groups in total. The van der Waals surface area contributed by atoms with Gasteiger partial charge in [-0.05, 0) is 29.7 Å². The van der Waals surface area contributed by atoms with Crippen LogP contribution in [0.25, 0.3) is 0 Å². The summed E-state index contributed by atoms with van der Waals surface area (Å²) in [5.74, 6) is 0.851. The molecular formula is C13H15BrClN3O. The Balaban J connectivity index is 2.20. The summed E-state index contributed by atoms with van der Waals surface area (Å²) in [6.45, 7) is 4.82. The lowest BCUT2D eigenvalue weighted by atomic mass is 10.1. The molecule has 1 unspecified atom stereocenters. The number of nitrogens with zero attached hydrogens (tertiary/aromatic N) is 1. The van der Waals surface area contributed by atoms with E-state index < -0.39 is 6.04 Å². The van der Waals surface area contributed by atoms with Gasteiger partial charge in [0.15, 0.2) is 5.96 Å². The maximum atomic E-state index is 12.0. The summed E-state index contributed by atoms with van der Waals surface area (Å²) in [4.78, 5) is 16.3. The molecule has 1 aliphatic rings. The first-order valence-corrected chi connectivity index (χ1v) is 7.21. The van der Waals surface area contributed by atoms with E-state index in [1.807, 2.05) is 6.07 Å². The van der Waals surface area contributed by atoms with Gasteiger partial charge in [0.25, 0.3) is 5.91 Å². The third-order valence-electron chi connectivity index (χ3n) is 2.67. The number of nitrogens with one attached hydrogen (secondary N) is 2. The molecule has 1 aromatic rings. The smallest absolute Gasteiger partial charge is 0.253 e. The predicted octanol–water partition coefficient (Wildman–Crippen LogP) is 2.88. The minimum absolute atomic E-state index is 0.120. The van der Waals surface area contributed by atoms with E-state index in [2.05, 4.69) is 45.4 Å². The van der Waals surface area contributed by atoms with Crippen LogP contribution in [0.5, 0.6) is 0 Å². The minimum Gasteiger partial charge on any atom is -0.340 e. The van der Waals surface area contributed by atoms with Crippen molar-refractivity contribution in [3.8, 4) is 0 Å². The zero-order valence-corrected chi connectivity index (χ0v) is 13.0. The molecule has 1 aromatic carbocycles. The van der Waals surface area contributed by atoms with Crippen molar-refractivity contribution in [1.29, 1.82) is 0 Å². The van der Waals surface area contributed by atoms with Gasteiger partial charge < -0.3 is 5.32 Å². The fourth-order valence-corrected chi connectivity index (χ4v) is 2.40. The van der Waals surface area contributed by atoms with Gasteiger partial charge in [-0.2, -0.15) is 0 Å². The van der Waals surface area contributed by atoms with Gasteiger partial charge in [0.05, 0.1) is 0 Å². The van der Waals surface area contributed by atoms with Crippen LogP contribution in [0.2, 0.25) is 5.02 Å². The minimum atomic E-state index is -0.459. The van der Waals surface area contributed by atoms with Gasteiger partial charge >= 0.3 is 0 Å². The van der Waals surface area contributed by atoms with Crippen LogP contribution in [-0.2, 0) is 4.79 Å². The largest absolute Gasteiger partial charge is 0.340 e. The summed E-state index contributed by atoms with van der Waals surface area (Å²) < 4.78 is 0.842. The van der Waals surface area contributed by atoms with E-state index in [1.54, 1.807) is 12.1 Å². The van der Waals surface area contributed by atoms with E-state index in [1.165, 1.54) is 0 Å². The molecule has 1 amide bonds. The van der Waals surface area contributed by atoms with E-state index in [4.69, 9.17) is 11.6 Å². The molecule has 1 atom stereocenters. The maximum Gasteiger partial charge on any atom is 0.253 e. The summed E-state index contributed by atoms with van der Waals surface area (Å²) in [5, 5.41) is 6.42. The SMILES string of the molecule is CC(C)CN=C1NC(=O)C(c2cc(Cl)ccc2Br)N1. The molecule has 102 valence electrons. The highest BCUT2D eigenvalue weighted by Gasteiger charge is 2.31. The van der Waals surface area contributed by atoms with Crippen LogP contribution in [-0.4, -0.2) is 18.4 Å². The van der Waals surface area contributed by atoms with Gasteiger partial charge in [0.1, 0.15) is 6.04 Å². The molecule has 1 saturated heterocycles. The number of hydrogen-bond acceptors (Lipinski definition) is 2. The van der Waals surface area contributed by atoms with Crippen LogP contribution in [0.3, 0.4) is 0 Å². The van der Waals surface area contributed by atoms with Crippen LogP contribution in [0.4, 0.5) is 0 Å². The molecule has 1 fully saturated rings. The molecule has 0 aromatic heterocycles. The number of rotatable bonds is 3. The van der Waals surface area contributed by atoms with E-state index in [0.29, 0.717) is 23.4 Å². The van der Waals surface area contributed by atoms with Gasteiger partial charge in [-0.15, -0.1) is 0 Å². The Hall–Kier alpha value is -1.07. The average Bonchev–Trinajstić information content (AvgIpc) is 2.71. The zero-order valence-electron chi connectivity index (χ0n) is 10.7. The second kappa shape index (κ2) is 5.92. The summed E-state index contributed by atoms with van der Waals surface area (Å²) in [5.41, 5.74) is 0.805. The number of carbonyl (C=O) groups excluding carboxylic acids is 1. The van der Waals surface area contributed by atoms with E-state index in [0.717, 1.165) is 10.0 Å². The molecule has 0 bridgehead atoms. The molecule has 2 rings (SSSR count). The van der Waals surface area contributed by atoms with E-state index >= 15 is 0 Å². The maximum absolute atomic E-state index is 12.0. The molecule has 1 aliphatic heterocycles. The van der Waals surface area contributed by atoms with Crippen molar-refractivity contribution < 1.29 is 4.79 Å². The second-order valence-electron chi connectivity index (χ2n) is 4.82. The van der Waals surface area contributed by atoms with Crippen LogP contribution in [0.1, 0.15) is 25.5 Å². The number of halogens is 2. The van der Waals surface area contributed by atoms with E-state index in [9.17, 15) is 4.79 Å². The van der Waals surface area contributed by atoms with Crippen molar-refractivity contribution in [2.45, 2.75) is 19.9 Å². The Kier molecular flexibility index (Phi) is 4.47. The van der Waals surface area contributed by atoms with Crippen molar-refractivity contribution >= 4 is 39.4 Å². The fourth-order valence-electron chi connectivity index (χ4n) is 1.74. The standard InChI is InChI=1S/C13H15BrClN3O/c1-7(2)6-16-13-17-11(12(19)18-13)9-5-8(15)3-4-10(9)14/h3-5,7,11H,6H2,1-2H3,(H2,16,17,18,19). The van der Waals surface area contributed by atoms with Crippen molar-refractivity contribution in [1.82, 2.24) is 10.6 Å². The lowest BCUT2D eigenvalue weighted by Gasteiger charge is -2.10. The lowest BCUT2D eigenvalue weighted by molar-refractivity contribution is -0.120. The topological polar surface area (TPSA) is 53.5 Å². The quantitative estimate of drug-likeness (QED) is 0.886. The van der Waals surface area contributed by atoms with Gasteiger partial charge in [0, 0.05) is 16.0 Å². The third kappa shape index (κ3) is 3.48. The molecule has 4 nitrogen and oxygen atoms in total. The highest BCUT2D eigenvalue weighted by Crippen LogP contribution is 2.28. The molecule has 19 heavy (non-hydrogen) atoms. The lowest BCUT2D eigenvalue weighted by Crippen LogP contribution is -2.26. The summed E-state index contributed by atoms with van der Waals surface area (Å²) in [7, 11) is 0. The number of benzene rings is 1. The van der Waals surface area contributed by atoms with Gasteiger partial charge in [-0.3, -0.25) is 15.1 Å². The molecule has 6 heteroatoms. The normalized spacial score (nSPS) is 20.8. The summed E-state index contributed by atoms with van der Waals surface area (Å²) >= 11 is 9.40. The zero-order chi connectivity index (χ0) is 14.0. The third-order valence-corrected chi connectivity index (χ3v) is 3.63. The summed E-state index contributed by atoms with van der Waals surface area (Å²) in [6, 6.07) is 4.92. The fraction of sp³-hybridized carbons (Fsp3) is 0.385. The highest BCUT2D eigenvalue weighted by molar-refractivity contribution is 9.10. The Labute approximate surface area is 125 Å². The Bertz CT molecular complexity index is 531. The van der Waals surface area contributed by atoms with Crippen LogP contribution < -0.4 is 10.6 Å². The molecule has 0 radical (unpaired) electrons. The van der Waals surface area contributed by atoms with Crippen LogP contribution in [0, 0.1) is 5.92 Å². The molecule has 0 spiro atoms. The second-order valence-corrected chi connectivity index (χ2v) is 6.11. The Morgan fingerprint density at radius 1 is 1.47 bits per heavy atom. The number of carbonyl (C=O) groups is 1. The number of amides is 1. The van der Waals surface area contributed by atoms with Gasteiger partial charge in [-0.1, -0.05) is 41.4 Å². The first-order chi connectivity index (χ1) is 8.97. The van der Waals surface area contributed by atoms with E-state index in [-0.39, 0.29) is 5.91 Å². The van der Waals surface area contributed by atoms with Crippen LogP contribution >= 0.6 is 27.5 Å². The average molecular weight is 345 g/mol. The Morgan fingerprint density at radius 2 is 2.21 bits per heavy atom. The number of hydrogen-bond donors (Lipinski definition) is 2. The number of aliphatic imine (C=N–C) groups is 1.